The van der Waals surface area contributed by atoms with Crippen LogP contribution in [0.15, 0.2) is 30.5 Å². The Bertz CT molecular complexity index is 916. The minimum Gasteiger partial charge on any atom is -0.496 e. The number of benzene rings is 1. The molecule has 0 radical (unpaired) electrons. The third kappa shape index (κ3) is 3.59. The fraction of sp³-hybridized carbons (Fsp3) is 0.583. The Hall–Kier alpha value is -1.76. The third-order valence-corrected chi connectivity index (χ3v) is 8.28. The number of piperidine rings is 1. The van der Waals surface area contributed by atoms with Crippen molar-refractivity contribution in [3.8, 4) is 0 Å². The Balaban J connectivity index is 1.43. The maximum absolute atomic E-state index is 13.6. The number of likely N-dealkylation sites (tertiary alicyclic amines) is 1. The van der Waals surface area contributed by atoms with E-state index in [4.69, 9.17) is 4.74 Å². The third-order valence-electron chi connectivity index (χ3n) is 7.21. The number of rotatable bonds is 4. The molecule has 1 saturated carbocycles. The summed E-state index contributed by atoms with van der Waals surface area (Å²) in [5.41, 5.74) is 1.52. The summed E-state index contributed by atoms with van der Waals surface area (Å²) in [6, 6.07) is 7.97. The monoisotopic (exact) mass is 426 g/mol. The number of ether oxygens (including phenoxy) is 1. The van der Waals surface area contributed by atoms with E-state index in [2.05, 4.69) is 16.8 Å². The number of carbonyl (C=O) groups excluding carboxylic acids is 1. The van der Waals surface area contributed by atoms with Crippen LogP contribution >= 0.6 is 11.3 Å². The summed E-state index contributed by atoms with van der Waals surface area (Å²) in [6.07, 6.45) is 6.28. The molecule has 1 aromatic carbocycles. The van der Waals surface area contributed by atoms with Crippen molar-refractivity contribution >= 4 is 32.9 Å². The molecule has 1 aromatic heterocycles. The van der Waals surface area contributed by atoms with E-state index in [1.54, 1.807) is 17.6 Å². The number of hydrogen-bond acceptors (Lipinski definition) is 6. The van der Waals surface area contributed by atoms with E-state index >= 15 is 0 Å². The summed E-state index contributed by atoms with van der Waals surface area (Å²) in [5, 5.41) is 11.9. The lowest BCUT2D eigenvalue weighted by Gasteiger charge is -2.47. The fourth-order valence-electron chi connectivity index (χ4n) is 5.50. The highest BCUT2D eigenvalue weighted by atomic mass is 32.1. The number of aromatic nitrogens is 1. The minimum absolute atomic E-state index is 0.0242. The first kappa shape index (κ1) is 20.2. The number of fused-ring (bicyclic) bond motifs is 2. The molecule has 3 heterocycles. The Morgan fingerprint density at radius 1 is 1.23 bits per heavy atom. The van der Waals surface area contributed by atoms with Crippen LogP contribution < -0.4 is 0 Å². The van der Waals surface area contributed by atoms with Crippen molar-refractivity contribution in [2.75, 3.05) is 19.6 Å². The van der Waals surface area contributed by atoms with Crippen molar-refractivity contribution in [1.29, 1.82) is 0 Å². The molecule has 1 N–H and O–H groups in total. The van der Waals surface area contributed by atoms with E-state index in [-0.39, 0.29) is 29.6 Å². The maximum atomic E-state index is 13.6. The van der Waals surface area contributed by atoms with E-state index in [0.29, 0.717) is 12.0 Å². The first-order valence-electron chi connectivity index (χ1n) is 11.3. The van der Waals surface area contributed by atoms with Crippen LogP contribution in [0.1, 0.15) is 44.0 Å². The largest absolute Gasteiger partial charge is 0.496 e. The number of nitrogens with zero attached hydrogens (tertiary/aromatic N) is 2. The molecule has 1 saturated heterocycles. The number of aliphatic hydroxyl groups excluding tert-OH is 1. The van der Waals surface area contributed by atoms with Crippen LogP contribution in [-0.4, -0.2) is 52.6 Å². The number of ketones is 1. The van der Waals surface area contributed by atoms with Crippen LogP contribution in [-0.2, 0) is 9.53 Å². The number of allylic oxidation sites excluding steroid dienone is 1. The van der Waals surface area contributed by atoms with E-state index in [1.165, 1.54) is 19.3 Å². The average Bonchev–Trinajstić information content (AvgIpc) is 3.20. The highest BCUT2D eigenvalue weighted by Gasteiger charge is 2.50. The molecule has 2 fully saturated rings. The molecule has 2 aliphatic heterocycles. The van der Waals surface area contributed by atoms with Crippen LogP contribution in [0.25, 0.3) is 15.8 Å². The zero-order valence-corrected chi connectivity index (χ0v) is 18.3. The Labute approximate surface area is 181 Å². The molecule has 0 amide bonds. The highest BCUT2D eigenvalue weighted by Crippen LogP contribution is 2.44. The van der Waals surface area contributed by atoms with Gasteiger partial charge in [0.2, 0.25) is 0 Å². The second-order valence-electron chi connectivity index (χ2n) is 9.01. The van der Waals surface area contributed by atoms with Crippen LogP contribution in [0.4, 0.5) is 0 Å². The zero-order valence-electron chi connectivity index (χ0n) is 17.5. The van der Waals surface area contributed by atoms with E-state index in [9.17, 15) is 9.90 Å². The number of hydrogen-bond donors (Lipinski definition) is 1. The molecule has 5 nitrogen and oxygen atoms in total. The van der Waals surface area contributed by atoms with Gasteiger partial charge in [0.05, 0.1) is 34.1 Å². The number of thiazole rings is 1. The first-order chi connectivity index (χ1) is 14.7. The zero-order chi connectivity index (χ0) is 20.7. The first-order valence-corrected chi connectivity index (χ1v) is 12.1. The number of aliphatic hydroxyl groups is 1. The normalized spacial score (nSPS) is 32.5. The van der Waals surface area contributed by atoms with Crippen LogP contribution in [0.3, 0.4) is 0 Å². The van der Waals surface area contributed by atoms with Crippen molar-refractivity contribution in [2.24, 2.45) is 17.8 Å². The van der Waals surface area contributed by atoms with Gasteiger partial charge in [-0.2, -0.15) is 0 Å². The molecule has 2 aromatic rings. The molecular formula is C24H30N2O3S. The van der Waals surface area contributed by atoms with Crippen LogP contribution in [0.5, 0.6) is 0 Å². The maximum Gasteiger partial charge on any atom is 0.175 e. The molecular weight excluding hydrogens is 396 g/mol. The molecule has 0 bridgehead atoms. The predicted octanol–water partition coefficient (Wildman–Crippen LogP) is 4.11. The Morgan fingerprint density at radius 3 is 2.80 bits per heavy atom. The summed E-state index contributed by atoms with van der Waals surface area (Å²) in [5.74, 6) is 0.0617. The van der Waals surface area contributed by atoms with Gasteiger partial charge in [-0.1, -0.05) is 31.9 Å². The average molecular weight is 427 g/mol. The second-order valence-corrected chi connectivity index (χ2v) is 10.0. The molecule has 5 rings (SSSR count). The van der Waals surface area contributed by atoms with Gasteiger partial charge in [0.1, 0.15) is 11.1 Å². The number of carbonyl (C=O) groups is 1. The highest BCUT2D eigenvalue weighted by molar-refractivity contribution is 7.19. The van der Waals surface area contributed by atoms with Gasteiger partial charge in [-0.15, -0.1) is 11.3 Å². The van der Waals surface area contributed by atoms with Gasteiger partial charge < -0.3 is 14.7 Å². The molecule has 1 aliphatic carbocycles. The molecule has 160 valence electrons. The SMILES string of the molecule is CCC1CC2C(=O)C(c3nc4ccccc4s3)=COC2C(CN2CCCCC2)C1O. The van der Waals surface area contributed by atoms with Crippen molar-refractivity contribution in [1.82, 2.24) is 9.88 Å². The van der Waals surface area contributed by atoms with Crippen molar-refractivity contribution in [2.45, 2.75) is 51.2 Å². The lowest BCUT2D eigenvalue weighted by atomic mass is 9.67. The van der Waals surface area contributed by atoms with Crippen molar-refractivity contribution < 1.29 is 14.6 Å². The Kier molecular flexibility index (Phi) is 5.65. The van der Waals surface area contributed by atoms with Gasteiger partial charge in [0.25, 0.3) is 0 Å². The fourth-order valence-corrected chi connectivity index (χ4v) is 6.48. The van der Waals surface area contributed by atoms with Crippen LogP contribution in [0.2, 0.25) is 0 Å². The van der Waals surface area contributed by atoms with E-state index in [0.717, 1.165) is 41.3 Å². The van der Waals surface area contributed by atoms with Gasteiger partial charge in [-0.05, 0) is 50.4 Å². The van der Waals surface area contributed by atoms with Crippen molar-refractivity contribution in [3.63, 3.8) is 0 Å². The van der Waals surface area contributed by atoms with Gasteiger partial charge in [-0.3, -0.25) is 4.79 Å². The molecule has 3 aliphatic rings. The van der Waals surface area contributed by atoms with Gasteiger partial charge in [-0.25, -0.2) is 4.98 Å². The van der Waals surface area contributed by atoms with E-state index in [1.807, 2.05) is 24.3 Å². The topological polar surface area (TPSA) is 62.7 Å². The van der Waals surface area contributed by atoms with Gasteiger partial charge in [0.15, 0.2) is 5.78 Å². The number of para-hydroxylation sites is 1. The van der Waals surface area contributed by atoms with Crippen molar-refractivity contribution in [3.05, 3.63) is 35.5 Å². The summed E-state index contributed by atoms with van der Waals surface area (Å²) in [7, 11) is 0. The minimum atomic E-state index is -0.414. The molecule has 5 unspecified atom stereocenters. The lowest BCUT2D eigenvalue weighted by Crippen LogP contribution is -2.55. The summed E-state index contributed by atoms with van der Waals surface area (Å²) in [4.78, 5) is 20.7. The standard InChI is InChI=1S/C24H30N2O3S/c1-2-15-12-16-22(28)18(24-25-19-8-4-5-9-20(19)30-24)14-29-23(16)17(21(15)27)13-26-10-6-3-7-11-26/h4-5,8-9,14-17,21,23,27H,2-3,6-7,10-13H2,1H3. The smallest absolute Gasteiger partial charge is 0.175 e. The number of Topliss-reactive ketones (excluding diaryl/α,β-unsaturated/α-hetero) is 1. The second kappa shape index (κ2) is 8.40. The van der Waals surface area contributed by atoms with Crippen LogP contribution in [0, 0.1) is 17.8 Å². The van der Waals surface area contributed by atoms with Gasteiger partial charge in [0, 0.05) is 12.5 Å². The summed E-state index contributed by atoms with van der Waals surface area (Å²) < 4.78 is 7.31. The lowest BCUT2D eigenvalue weighted by molar-refractivity contribution is -0.141. The molecule has 30 heavy (non-hydrogen) atoms. The molecule has 5 atom stereocenters. The predicted molar refractivity (Wildman–Crippen MR) is 119 cm³/mol. The molecule has 6 heteroatoms. The summed E-state index contributed by atoms with van der Waals surface area (Å²) in [6.45, 7) is 5.09. The van der Waals surface area contributed by atoms with E-state index < -0.39 is 6.10 Å². The quantitative estimate of drug-likeness (QED) is 0.797. The van der Waals surface area contributed by atoms with Gasteiger partial charge >= 0.3 is 0 Å². The molecule has 0 spiro atoms. The summed E-state index contributed by atoms with van der Waals surface area (Å²) >= 11 is 1.55. The Morgan fingerprint density at radius 2 is 2.03 bits per heavy atom.